The number of hydrogen-bond acceptors (Lipinski definition) is 8. The van der Waals surface area contributed by atoms with Crippen molar-refractivity contribution in [2.45, 2.75) is 90.8 Å². The van der Waals surface area contributed by atoms with E-state index in [1.165, 1.54) is 17.3 Å². The molecule has 3 amide bonds. The standard InChI is InChI=1S/C28H39Cl2N5O6.C7H6Cl2/c1-8-17(4)23(34-27(39)40-28(5,6)7)25(37)33-22(16(2)3)20(36)11-14-35(26(38)24(29)30)18-9-12-31-19(15-18)21-10-13-32-41-21;1-5-6(8)3-2-4-7(5)9/h9-10,12-13,15-17,22-24H,8,11,14H2,1-7H3,(H,33,37)(H,34,39);2-4H,1H3. The van der Waals surface area contributed by atoms with Crippen LogP contribution in [-0.4, -0.2) is 62.9 Å². The number of alkyl halides is 2. The van der Waals surface area contributed by atoms with Crippen LogP contribution in [0.15, 0.2) is 53.3 Å². The Bertz CT molecular complexity index is 1560. The number of nitrogens with one attached hydrogen (secondary N) is 2. The van der Waals surface area contributed by atoms with Gasteiger partial charge in [-0.25, -0.2) is 4.79 Å². The molecule has 0 aliphatic heterocycles. The van der Waals surface area contributed by atoms with E-state index in [-0.39, 0.29) is 30.6 Å². The van der Waals surface area contributed by atoms with E-state index >= 15 is 0 Å². The van der Waals surface area contributed by atoms with Gasteiger partial charge >= 0.3 is 6.09 Å². The van der Waals surface area contributed by atoms with E-state index in [1.807, 2.05) is 39.0 Å². The van der Waals surface area contributed by atoms with Crippen LogP contribution in [0.4, 0.5) is 10.5 Å². The molecule has 0 fully saturated rings. The van der Waals surface area contributed by atoms with Crippen molar-refractivity contribution in [3.8, 4) is 11.5 Å². The van der Waals surface area contributed by atoms with Crippen LogP contribution in [0.2, 0.25) is 10.0 Å². The Morgan fingerprint density at radius 1 is 0.960 bits per heavy atom. The first-order chi connectivity index (χ1) is 23.4. The van der Waals surface area contributed by atoms with Gasteiger partial charge in [0.25, 0.3) is 5.91 Å². The molecule has 3 atom stereocenters. The molecule has 274 valence electrons. The summed E-state index contributed by atoms with van der Waals surface area (Å²) in [5, 5.41) is 10.6. The van der Waals surface area contributed by atoms with Crippen LogP contribution in [-0.2, 0) is 19.1 Å². The number of Topliss-reactive ketones (excluding diaryl/α,β-unsaturated/α-hetero) is 1. The number of amides is 3. The maximum atomic E-state index is 13.4. The van der Waals surface area contributed by atoms with E-state index < -0.39 is 40.4 Å². The van der Waals surface area contributed by atoms with Crippen molar-refractivity contribution in [3.63, 3.8) is 0 Å². The number of benzene rings is 1. The molecular formula is C35H45Cl4N5O6. The topological polar surface area (TPSA) is 144 Å². The molecule has 0 aliphatic rings. The third-order valence-electron chi connectivity index (χ3n) is 7.46. The molecule has 0 bridgehead atoms. The molecule has 0 saturated heterocycles. The molecular weight excluding hydrogens is 728 g/mol. The number of nitrogens with zero attached hydrogens (tertiary/aromatic N) is 3. The molecule has 0 radical (unpaired) electrons. The Kier molecular flexibility index (Phi) is 17.0. The lowest BCUT2D eigenvalue weighted by atomic mass is 9.94. The molecule has 1 aromatic carbocycles. The van der Waals surface area contributed by atoms with E-state index in [1.54, 1.807) is 52.8 Å². The molecule has 3 aromatic rings. The number of hydrogen-bond donors (Lipinski definition) is 2. The molecule has 3 rings (SSSR count). The number of carbonyl (C=O) groups excluding carboxylic acids is 4. The summed E-state index contributed by atoms with van der Waals surface area (Å²) >= 11 is 23.3. The molecule has 50 heavy (non-hydrogen) atoms. The molecule has 0 aliphatic carbocycles. The van der Waals surface area contributed by atoms with Gasteiger partial charge in [-0.2, -0.15) is 0 Å². The zero-order valence-corrected chi connectivity index (χ0v) is 32.5. The Morgan fingerprint density at radius 2 is 1.60 bits per heavy atom. The molecule has 2 aromatic heterocycles. The fraction of sp³-hybridized carbons (Fsp3) is 0.486. The highest BCUT2D eigenvalue weighted by Gasteiger charge is 2.33. The second-order valence-electron chi connectivity index (χ2n) is 12.9. The summed E-state index contributed by atoms with van der Waals surface area (Å²) < 4.78 is 10.5. The smallest absolute Gasteiger partial charge is 0.408 e. The van der Waals surface area contributed by atoms with Crippen molar-refractivity contribution in [3.05, 3.63) is 64.4 Å². The number of halogens is 4. The zero-order chi connectivity index (χ0) is 37.8. The van der Waals surface area contributed by atoms with Crippen LogP contribution >= 0.6 is 46.4 Å². The Balaban J connectivity index is 0.000000831. The number of ether oxygens (including phenoxy) is 1. The van der Waals surface area contributed by atoms with Crippen LogP contribution in [0.3, 0.4) is 0 Å². The minimum Gasteiger partial charge on any atom is -0.444 e. The Hall–Kier alpha value is -3.38. The van der Waals surface area contributed by atoms with Crippen LogP contribution in [0.1, 0.15) is 66.9 Å². The highest BCUT2D eigenvalue weighted by molar-refractivity contribution is 6.54. The van der Waals surface area contributed by atoms with Crippen LogP contribution in [0, 0.1) is 18.8 Å². The summed E-state index contributed by atoms with van der Waals surface area (Å²) in [6.07, 6.45) is 2.72. The van der Waals surface area contributed by atoms with E-state index in [4.69, 9.17) is 55.7 Å². The normalized spacial score (nSPS) is 13.1. The number of carbonyl (C=O) groups is 4. The maximum Gasteiger partial charge on any atom is 0.408 e. The van der Waals surface area contributed by atoms with E-state index in [0.29, 0.717) is 23.6 Å². The average Bonchev–Trinajstić information content (AvgIpc) is 3.59. The fourth-order valence-corrected chi connectivity index (χ4v) is 5.14. The third kappa shape index (κ3) is 13.4. The Labute approximate surface area is 313 Å². The van der Waals surface area contributed by atoms with Gasteiger partial charge in [-0.05, 0) is 69.4 Å². The molecule has 11 nitrogen and oxygen atoms in total. The summed E-state index contributed by atoms with van der Waals surface area (Å²) in [6, 6.07) is 8.48. The second-order valence-corrected chi connectivity index (χ2v) is 14.8. The first-order valence-corrected chi connectivity index (χ1v) is 17.7. The highest BCUT2D eigenvalue weighted by atomic mass is 35.5. The third-order valence-corrected chi connectivity index (χ3v) is 8.65. The highest BCUT2D eigenvalue weighted by Crippen LogP contribution is 2.25. The van der Waals surface area contributed by atoms with Crippen molar-refractivity contribution < 1.29 is 28.4 Å². The van der Waals surface area contributed by atoms with Gasteiger partial charge in [-0.15, -0.1) is 0 Å². The molecule has 0 spiro atoms. The van der Waals surface area contributed by atoms with Gasteiger partial charge in [-0.3, -0.25) is 19.4 Å². The van der Waals surface area contributed by atoms with Crippen molar-refractivity contribution >= 4 is 75.8 Å². The zero-order valence-electron chi connectivity index (χ0n) is 29.4. The average molecular weight is 774 g/mol. The molecule has 15 heteroatoms. The quantitative estimate of drug-likeness (QED) is 0.166. The number of alkyl carbamates (subject to hydrolysis) is 1. The molecule has 0 saturated carbocycles. The van der Waals surface area contributed by atoms with Crippen LogP contribution < -0.4 is 15.5 Å². The van der Waals surface area contributed by atoms with Crippen molar-refractivity contribution in [2.75, 3.05) is 11.4 Å². The van der Waals surface area contributed by atoms with E-state index in [2.05, 4.69) is 20.8 Å². The predicted octanol–water partition coefficient (Wildman–Crippen LogP) is 8.21. The lowest BCUT2D eigenvalue weighted by molar-refractivity contribution is -0.130. The number of anilines is 1. The minimum absolute atomic E-state index is 0.0580. The first kappa shape index (κ1) is 42.8. The fourth-order valence-electron chi connectivity index (χ4n) is 4.51. The summed E-state index contributed by atoms with van der Waals surface area (Å²) in [7, 11) is 0. The van der Waals surface area contributed by atoms with Gasteiger partial charge < -0.3 is 24.8 Å². The number of rotatable bonds is 13. The van der Waals surface area contributed by atoms with Crippen molar-refractivity contribution in [1.29, 1.82) is 0 Å². The lowest BCUT2D eigenvalue weighted by Crippen LogP contribution is -2.56. The molecule has 3 unspecified atom stereocenters. The van der Waals surface area contributed by atoms with Gasteiger partial charge in [0.2, 0.25) is 5.91 Å². The lowest BCUT2D eigenvalue weighted by Gasteiger charge is -2.29. The van der Waals surface area contributed by atoms with Crippen molar-refractivity contribution in [2.24, 2.45) is 11.8 Å². The number of pyridine rings is 1. The number of ketones is 1. The molecule has 2 heterocycles. The van der Waals surface area contributed by atoms with Gasteiger partial charge in [0.05, 0.1) is 12.2 Å². The summed E-state index contributed by atoms with van der Waals surface area (Å²) in [4.78, 5) is 56.2. The number of aromatic nitrogens is 2. The SMILES string of the molecule is CCC(C)C(NC(=O)OC(C)(C)C)C(=O)NC(C(=O)CCN(C(=O)C(Cl)Cl)c1ccnc(-c2ccno2)c1)C(C)C.Cc1c(Cl)cccc1Cl. The van der Waals surface area contributed by atoms with Gasteiger partial charge in [0.1, 0.15) is 17.3 Å². The largest absolute Gasteiger partial charge is 0.444 e. The van der Waals surface area contributed by atoms with E-state index in [9.17, 15) is 19.2 Å². The van der Waals surface area contributed by atoms with Crippen LogP contribution in [0.5, 0.6) is 0 Å². The first-order valence-electron chi connectivity index (χ1n) is 16.1. The van der Waals surface area contributed by atoms with Gasteiger partial charge in [-0.1, -0.05) is 91.7 Å². The van der Waals surface area contributed by atoms with Gasteiger partial charge in [0, 0.05) is 41.0 Å². The maximum absolute atomic E-state index is 13.4. The van der Waals surface area contributed by atoms with E-state index in [0.717, 1.165) is 15.6 Å². The second kappa shape index (κ2) is 19.9. The molecule has 2 N–H and O–H groups in total. The monoisotopic (exact) mass is 771 g/mol. The Morgan fingerprint density at radius 3 is 2.10 bits per heavy atom. The summed E-state index contributed by atoms with van der Waals surface area (Å²) in [6.45, 7) is 14.3. The van der Waals surface area contributed by atoms with Crippen LogP contribution in [0.25, 0.3) is 11.5 Å². The van der Waals surface area contributed by atoms with Crippen molar-refractivity contribution in [1.82, 2.24) is 20.8 Å². The van der Waals surface area contributed by atoms with Gasteiger partial charge in [0.15, 0.2) is 16.4 Å². The summed E-state index contributed by atoms with van der Waals surface area (Å²) in [5.41, 5.74) is 1.03. The predicted molar refractivity (Wildman–Crippen MR) is 198 cm³/mol. The minimum atomic E-state index is -1.37. The summed E-state index contributed by atoms with van der Waals surface area (Å²) in [5.74, 6) is -1.55.